The minimum Gasteiger partial charge on any atom is -0.321 e. The zero-order chi connectivity index (χ0) is 20.3. The molecule has 1 N–H and O–H groups in total. The van der Waals surface area contributed by atoms with Crippen LogP contribution in [-0.4, -0.2) is 42.9 Å². The van der Waals surface area contributed by atoms with E-state index in [-0.39, 0.29) is 15.5 Å². The molecular weight excluding hydrogens is 440 g/mol. The Kier molecular flexibility index (Phi) is 6.36. The van der Waals surface area contributed by atoms with Crippen molar-refractivity contribution in [1.29, 1.82) is 0 Å². The third kappa shape index (κ3) is 4.53. The van der Waals surface area contributed by atoms with Crippen LogP contribution in [0.3, 0.4) is 0 Å². The number of rotatable bonds is 6. The van der Waals surface area contributed by atoms with E-state index in [1.807, 2.05) is 12.1 Å². The fourth-order valence-corrected chi connectivity index (χ4v) is 4.85. The average Bonchev–Trinajstić information content (AvgIpc) is 3.16. The summed E-state index contributed by atoms with van der Waals surface area (Å²) in [5, 5.41) is 10.7. The van der Waals surface area contributed by atoms with Gasteiger partial charge in [-0.25, -0.2) is 12.7 Å². The third-order valence-electron chi connectivity index (χ3n) is 3.63. The van der Waals surface area contributed by atoms with Crippen LogP contribution in [0.25, 0.3) is 0 Å². The number of benzene rings is 2. The SMILES string of the molecule is CN(C)S(=O)(=O)c1ccc(Cl)c(C(=O)Nc2ccccc2Sc2nncs2)c1. The Morgan fingerprint density at radius 2 is 1.96 bits per heavy atom. The van der Waals surface area contributed by atoms with Crippen molar-refractivity contribution in [3.05, 3.63) is 58.6 Å². The lowest BCUT2D eigenvalue weighted by Gasteiger charge is -2.14. The number of halogens is 1. The van der Waals surface area contributed by atoms with Crippen molar-refractivity contribution >= 4 is 56.3 Å². The van der Waals surface area contributed by atoms with Crippen molar-refractivity contribution in [3.63, 3.8) is 0 Å². The maximum atomic E-state index is 12.8. The number of hydrogen-bond donors (Lipinski definition) is 1. The van der Waals surface area contributed by atoms with Gasteiger partial charge in [-0.2, -0.15) is 0 Å². The molecular formula is C17H15ClN4O3S3. The molecule has 1 amide bonds. The van der Waals surface area contributed by atoms with Crippen molar-refractivity contribution in [1.82, 2.24) is 14.5 Å². The van der Waals surface area contributed by atoms with Gasteiger partial charge < -0.3 is 5.32 Å². The maximum absolute atomic E-state index is 12.8. The molecule has 146 valence electrons. The van der Waals surface area contributed by atoms with Gasteiger partial charge in [0.05, 0.1) is 21.2 Å². The first-order chi connectivity index (χ1) is 13.3. The van der Waals surface area contributed by atoms with Crippen LogP contribution in [0.15, 0.2) is 62.1 Å². The summed E-state index contributed by atoms with van der Waals surface area (Å²) in [4.78, 5) is 13.6. The Hall–Kier alpha value is -1.98. The second-order valence-corrected chi connectivity index (χ2v) is 10.4. The summed E-state index contributed by atoms with van der Waals surface area (Å²) >= 11 is 8.91. The number of nitrogens with zero attached hydrogens (tertiary/aromatic N) is 3. The molecule has 3 rings (SSSR count). The maximum Gasteiger partial charge on any atom is 0.257 e. The number of para-hydroxylation sites is 1. The highest BCUT2D eigenvalue weighted by molar-refractivity contribution is 8.01. The van der Waals surface area contributed by atoms with E-state index in [4.69, 9.17) is 11.6 Å². The molecule has 0 saturated heterocycles. The number of carbonyl (C=O) groups is 1. The molecule has 0 atom stereocenters. The van der Waals surface area contributed by atoms with Crippen LogP contribution in [0.1, 0.15) is 10.4 Å². The second-order valence-electron chi connectivity index (χ2n) is 5.69. The highest BCUT2D eigenvalue weighted by atomic mass is 35.5. The minimum absolute atomic E-state index is 0.0106. The van der Waals surface area contributed by atoms with Crippen LogP contribution in [0.5, 0.6) is 0 Å². The number of carbonyl (C=O) groups excluding carboxylic acids is 1. The van der Waals surface area contributed by atoms with E-state index in [0.29, 0.717) is 5.69 Å². The van der Waals surface area contributed by atoms with Crippen molar-refractivity contribution in [2.75, 3.05) is 19.4 Å². The molecule has 2 aromatic carbocycles. The fraction of sp³-hybridized carbons (Fsp3) is 0.118. The predicted octanol–water partition coefficient (Wildman–Crippen LogP) is 3.85. The molecule has 7 nitrogen and oxygen atoms in total. The van der Waals surface area contributed by atoms with Gasteiger partial charge in [0.15, 0.2) is 4.34 Å². The van der Waals surface area contributed by atoms with E-state index >= 15 is 0 Å². The van der Waals surface area contributed by atoms with Gasteiger partial charge in [0.2, 0.25) is 10.0 Å². The average molecular weight is 455 g/mol. The number of hydrogen-bond acceptors (Lipinski definition) is 7. The number of anilines is 1. The first-order valence-corrected chi connectivity index (χ1v) is 11.4. The second kappa shape index (κ2) is 8.58. The van der Waals surface area contributed by atoms with Gasteiger partial charge in [0.25, 0.3) is 5.91 Å². The topological polar surface area (TPSA) is 92.3 Å². The van der Waals surface area contributed by atoms with Gasteiger partial charge in [-0.1, -0.05) is 46.8 Å². The highest BCUT2D eigenvalue weighted by Gasteiger charge is 2.21. The Morgan fingerprint density at radius 3 is 2.64 bits per heavy atom. The lowest BCUT2D eigenvalue weighted by atomic mass is 10.2. The van der Waals surface area contributed by atoms with Crippen molar-refractivity contribution < 1.29 is 13.2 Å². The zero-order valence-electron chi connectivity index (χ0n) is 14.8. The molecule has 1 heterocycles. The Balaban J connectivity index is 1.90. The summed E-state index contributed by atoms with van der Waals surface area (Å²) in [6.07, 6.45) is 0. The van der Waals surface area contributed by atoms with Crippen LogP contribution in [0.2, 0.25) is 5.02 Å². The van der Waals surface area contributed by atoms with Gasteiger partial charge in [0.1, 0.15) is 5.51 Å². The van der Waals surface area contributed by atoms with E-state index in [1.54, 1.807) is 17.6 Å². The van der Waals surface area contributed by atoms with Crippen molar-refractivity contribution in [2.24, 2.45) is 0 Å². The molecule has 0 unspecified atom stereocenters. The zero-order valence-corrected chi connectivity index (χ0v) is 18.0. The van der Waals surface area contributed by atoms with Gasteiger partial charge in [-0.05, 0) is 30.3 Å². The standard InChI is InChI=1S/C17H15ClN4O3S3/c1-22(2)28(24,25)11-7-8-13(18)12(9-11)16(23)20-14-5-3-4-6-15(14)27-17-21-19-10-26-17/h3-10H,1-2H3,(H,20,23). The van der Waals surface area contributed by atoms with Crippen LogP contribution >= 0.6 is 34.7 Å². The molecule has 3 aromatic rings. The molecule has 0 aliphatic rings. The Morgan fingerprint density at radius 1 is 1.21 bits per heavy atom. The molecule has 0 fully saturated rings. The largest absolute Gasteiger partial charge is 0.321 e. The van der Waals surface area contributed by atoms with Crippen LogP contribution in [0, 0.1) is 0 Å². The number of nitrogens with one attached hydrogen (secondary N) is 1. The summed E-state index contributed by atoms with van der Waals surface area (Å²) in [6, 6.07) is 11.3. The predicted molar refractivity (Wildman–Crippen MR) is 111 cm³/mol. The van der Waals surface area contributed by atoms with Gasteiger partial charge in [-0.15, -0.1) is 10.2 Å². The third-order valence-corrected chi connectivity index (χ3v) is 7.63. The molecule has 0 spiro atoms. The summed E-state index contributed by atoms with van der Waals surface area (Å²) in [7, 11) is -0.846. The van der Waals surface area contributed by atoms with Crippen LogP contribution < -0.4 is 5.32 Å². The summed E-state index contributed by atoms with van der Waals surface area (Å²) in [5.41, 5.74) is 2.25. The Bertz CT molecular complexity index is 1100. The number of sulfonamides is 1. The summed E-state index contributed by atoms with van der Waals surface area (Å²) < 4.78 is 26.5. The molecule has 0 aliphatic heterocycles. The van der Waals surface area contributed by atoms with Crippen LogP contribution in [-0.2, 0) is 10.0 Å². The monoisotopic (exact) mass is 454 g/mol. The molecule has 1 aromatic heterocycles. The minimum atomic E-state index is -3.69. The molecule has 0 aliphatic carbocycles. The number of aromatic nitrogens is 2. The molecule has 0 radical (unpaired) electrons. The molecule has 28 heavy (non-hydrogen) atoms. The molecule has 0 bridgehead atoms. The first kappa shape index (κ1) is 20.7. The van der Waals surface area contributed by atoms with E-state index in [1.165, 1.54) is 55.4 Å². The lowest BCUT2D eigenvalue weighted by Crippen LogP contribution is -2.23. The Labute approximate surface area is 175 Å². The highest BCUT2D eigenvalue weighted by Crippen LogP contribution is 2.34. The smallest absolute Gasteiger partial charge is 0.257 e. The first-order valence-electron chi connectivity index (χ1n) is 7.85. The van der Waals surface area contributed by atoms with E-state index in [2.05, 4.69) is 15.5 Å². The number of amides is 1. The quantitative estimate of drug-likeness (QED) is 0.608. The van der Waals surface area contributed by atoms with Crippen molar-refractivity contribution in [3.8, 4) is 0 Å². The molecule has 11 heteroatoms. The lowest BCUT2D eigenvalue weighted by molar-refractivity contribution is 0.102. The van der Waals surface area contributed by atoms with E-state index in [9.17, 15) is 13.2 Å². The van der Waals surface area contributed by atoms with Gasteiger partial charge in [0, 0.05) is 19.0 Å². The summed E-state index contributed by atoms with van der Waals surface area (Å²) in [6.45, 7) is 0. The molecule has 0 saturated carbocycles. The van der Waals surface area contributed by atoms with Gasteiger partial charge >= 0.3 is 0 Å². The van der Waals surface area contributed by atoms with E-state index in [0.717, 1.165) is 13.5 Å². The van der Waals surface area contributed by atoms with E-state index < -0.39 is 15.9 Å². The summed E-state index contributed by atoms with van der Waals surface area (Å²) in [5.74, 6) is -0.508. The van der Waals surface area contributed by atoms with Crippen molar-refractivity contribution in [2.45, 2.75) is 14.1 Å². The fourth-order valence-electron chi connectivity index (χ4n) is 2.20. The van der Waals surface area contributed by atoms with Crippen LogP contribution in [0.4, 0.5) is 5.69 Å². The normalized spacial score (nSPS) is 11.6. The van der Waals surface area contributed by atoms with Gasteiger partial charge in [-0.3, -0.25) is 4.79 Å².